The molecule has 0 fully saturated rings. The highest BCUT2D eigenvalue weighted by atomic mass is 79.9. The molecular formula is C14H17BrN4O2. The molecule has 21 heavy (non-hydrogen) atoms. The lowest BCUT2D eigenvalue weighted by Crippen LogP contribution is -2.12. The van der Waals surface area contributed by atoms with Crippen molar-refractivity contribution >= 4 is 27.7 Å². The number of halogens is 1. The number of nitrogens with zero attached hydrogens (tertiary/aromatic N) is 3. The fourth-order valence-electron chi connectivity index (χ4n) is 1.66. The minimum atomic E-state index is -0.0755. The largest absolute Gasteiger partial charge is 0.339 e. The lowest BCUT2D eigenvalue weighted by Gasteiger charge is -2.03. The molecule has 2 aromatic heterocycles. The van der Waals surface area contributed by atoms with E-state index in [1.54, 1.807) is 12.3 Å². The molecule has 0 aliphatic rings. The maximum atomic E-state index is 11.8. The van der Waals surface area contributed by atoms with Crippen LogP contribution in [0.4, 0.5) is 5.82 Å². The van der Waals surface area contributed by atoms with Gasteiger partial charge in [-0.1, -0.05) is 19.0 Å². The Labute approximate surface area is 131 Å². The Balaban J connectivity index is 1.74. The first kappa shape index (κ1) is 15.6. The molecule has 0 saturated heterocycles. The van der Waals surface area contributed by atoms with Crippen LogP contribution in [0, 0.1) is 0 Å². The number of hydrogen-bond donors (Lipinski definition) is 1. The first-order chi connectivity index (χ1) is 10.0. The van der Waals surface area contributed by atoms with Gasteiger partial charge in [-0.15, -0.1) is 0 Å². The Hall–Kier alpha value is -1.76. The molecule has 2 rings (SSSR count). The van der Waals surface area contributed by atoms with Crippen LogP contribution in [-0.4, -0.2) is 21.0 Å². The maximum absolute atomic E-state index is 11.8. The van der Waals surface area contributed by atoms with E-state index in [9.17, 15) is 4.79 Å². The van der Waals surface area contributed by atoms with Crippen molar-refractivity contribution in [1.82, 2.24) is 15.1 Å². The topological polar surface area (TPSA) is 80.9 Å². The fraction of sp³-hybridized carbons (Fsp3) is 0.429. The van der Waals surface area contributed by atoms with Gasteiger partial charge in [-0.2, -0.15) is 4.98 Å². The van der Waals surface area contributed by atoms with Crippen LogP contribution < -0.4 is 5.32 Å². The molecule has 2 heterocycles. The molecule has 0 saturated carbocycles. The smallest absolute Gasteiger partial charge is 0.226 e. The number of amides is 1. The van der Waals surface area contributed by atoms with Gasteiger partial charge in [0.05, 0.1) is 0 Å². The summed E-state index contributed by atoms with van der Waals surface area (Å²) in [6.45, 7) is 4.01. The highest BCUT2D eigenvalue weighted by Gasteiger charge is 2.10. The molecule has 0 unspecified atom stereocenters. The summed E-state index contributed by atoms with van der Waals surface area (Å²) in [5, 5.41) is 6.63. The lowest BCUT2D eigenvalue weighted by atomic mass is 10.2. The van der Waals surface area contributed by atoms with Crippen LogP contribution in [0.3, 0.4) is 0 Å². The summed E-state index contributed by atoms with van der Waals surface area (Å²) in [6, 6.07) is 3.57. The molecule has 0 bridgehead atoms. The van der Waals surface area contributed by atoms with Gasteiger partial charge < -0.3 is 9.84 Å². The summed E-state index contributed by atoms with van der Waals surface area (Å²) in [7, 11) is 0. The molecule has 0 aliphatic carbocycles. The number of anilines is 1. The van der Waals surface area contributed by atoms with Crippen molar-refractivity contribution in [3.05, 3.63) is 34.5 Å². The molecule has 112 valence electrons. The molecule has 0 aliphatic heterocycles. The lowest BCUT2D eigenvalue weighted by molar-refractivity contribution is -0.116. The van der Waals surface area contributed by atoms with Gasteiger partial charge in [0.15, 0.2) is 5.82 Å². The fourth-order valence-corrected chi connectivity index (χ4v) is 1.89. The second-order valence-electron chi connectivity index (χ2n) is 4.96. The van der Waals surface area contributed by atoms with Gasteiger partial charge in [0.25, 0.3) is 0 Å². The first-order valence-corrected chi connectivity index (χ1v) is 7.58. The second-order valence-corrected chi connectivity index (χ2v) is 5.88. The quantitative estimate of drug-likeness (QED) is 0.862. The number of aryl methyl sites for hydroxylation is 1. The minimum Gasteiger partial charge on any atom is -0.339 e. The third kappa shape index (κ3) is 4.93. The summed E-state index contributed by atoms with van der Waals surface area (Å²) < 4.78 is 6.00. The SMILES string of the molecule is CC(C)c1noc(CCCC(=O)Nc2ccc(Br)cn2)n1. The van der Waals surface area contributed by atoms with Crippen molar-refractivity contribution in [3.8, 4) is 0 Å². The summed E-state index contributed by atoms with van der Waals surface area (Å²) in [6.07, 6.45) is 3.28. The predicted octanol–water partition coefficient (Wildman–Crippen LogP) is 3.31. The molecule has 0 aromatic carbocycles. The molecule has 1 N–H and O–H groups in total. The van der Waals surface area contributed by atoms with E-state index in [2.05, 4.69) is 36.4 Å². The van der Waals surface area contributed by atoms with Crippen molar-refractivity contribution < 1.29 is 9.32 Å². The standard InChI is InChI=1S/C14H17BrN4O2/c1-9(2)14-18-13(21-19-14)5-3-4-12(20)17-11-7-6-10(15)8-16-11/h6-9H,3-5H2,1-2H3,(H,16,17,20). The Morgan fingerprint density at radius 2 is 2.24 bits per heavy atom. The Morgan fingerprint density at radius 3 is 2.86 bits per heavy atom. The van der Waals surface area contributed by atoms with Crippen LogP contribution in [-0.2, 0) is 11.2 Å². The van der Waals surface area contributed by atoms with Gasteiger partial charge in [0, 0.05) is 29.4 Å². The van der Waals surface area contributed by atoms with Crippen LogP contribution in [0.5, 0.6) is 0 Å². The van der Waals surface area contributed by atoms with Crippen LogP contribution in [0.25, 0.3) is 0 Å². The van der Waals surface area contributed by atoms with Gasteiger partial charge in [0.1, 0.15) is 5.82 Å². The molecule has 2 aromatic rings. The van der Waals surface area contributed by atoms with E-state index in [1.807, 2.05) is 19.9 Å². The highest BCUT2D eigenvalue weighted by Crippen LogP contribution is 2.12. The summed E-state index contributed by atoms with van der Waals surface area (Å²) in [4.78, 5) is 20.1. The minimum absolute atomic E-state index is 0.0755. The van der Waals surface area contributed by atoms with E-state index in [1.165, 1.54) is 0 Å². The monoisotopic (exact) mass is 352 g/mol. The molecule has 7 heteroatoms. The molecule has 6 nitrogen and oxygen atoms in total. The summed E-state index contributed by atoms with van der Waals surface area (Å²) in [5.74, 6) is 1.99. The Morgan fingerprint density at radius 1 is 1.43 bits per heavy atom. The van der Waals surface area contributed by atoms with E-state index < -0.39 is 0 Å². The normalized spacial score (nSPS) is 10.9. The van der Waals surface area contributed by atoms with Gasteiger partial charge >= 0.3 is 0 Å². The van der Waals surface area contributed by atoms with Gasteiger partial charge in [-0.05, 0) is 34.5 Å². The van der Waals surface area contributed by atoms with Crippen molar-refractivity contribution in [1.29, 1.82) is 0 Å². The third-order valence-electron chi connectivity index (χ3n) is 2.79. The van der Waals surface area contributed by atoms with E-state index in [0.29, 0.717) is 36.8 Å². The summed E-state index contributed by atoms with van der Waals surface area (Å²) >= 11 is 3.29. The summed E-state index contributed by atoms with van der Waals surface area (Å²) in [5.41, 5.74) is 0. The molecule has 0 spiro atoms. The van der Waals surface area contributed by atoms with E-state index in [-0.39, 0.29) is 11.8 Å². The number of rotatable bonds is 6. The van der Waals surface area contributed by atoms with E-state index in [4.69, 9.17) is 4.52 Å². The zero-order valence-electron chi connectivity index (χ0n) is 12.0. The molecule has 0 atom stereocenters. The van der Waals surface area contributed by atoms with Gasteiger partial charge in [-0.25, -0.2) is 4.98 Å². The van der Waals surface area contributed by atoms with Crippen LogP contribution in [0.2, 0.25) is 0 Å². The molecule has 0 radical (unpaired) electrons. The van der Waals surface area contributed by atoms with Gasteiger partial charge in [0.2, 0.25) is 11.8 Å². The number of pyridine rings is 1. The van der Waals surface area contributed by atoms with Crippen molar-refractivity contribution in [2.45, 2.75) is 39.0 Å². The number of aromatic nitrogens is 3. The number of nitrogens with one attached hydrogen (secondary N) is 1. The van der Waals surface area contributed by atoms with Crippen LogP contribution in [0.1, 0.15) is 44.3 Å². The van der Waals surface area contributed by atoms with Crippen LogP contribution >= 0.6 is 15.9 Å². The average molecular weight is 353 g/mol. The third-order valence-corrected chi connectivity index (χ3v) is 3.26. The zero-order valence-corrected chi connectivity index (χ0v) is 13.6. The van der Waals surface area contributed by atoms with Gasteiger partial charge in [-0.3, -0.25) is 4.79 Å². The number of carbonyl (C=O) groups excluding carboxylic acids is 1. The highest BCUT2D eigenvalue weighted by molar-refractivity contribution is 9.10. The maximum Gasteiger partial charge on any atom is 0.226 e. The van der Waals surface area contributed by atoms with E-state index in [0.717, 1.165) is 4.47 Å². The van der Waals surface area contributed by atoms with Crippen molar-refractivity contribution in [2.75, 3.05) is 5.32 Å². The molecule has 1 amide bonds. The van der Waals surface area contributed by atoms with E-state index >= 15 is 0 Å². The number of carbonyl (C=O) groups is 1. The second kappa shape index (κ2) is 7.31. The Kier molecular flexibility index (Phi) is 5.44. The van der Waals surface area contributed by atoms with Crippen molar-refractivity contribution in [3.63, 3.8) is 0 Å². The first-order valence-electron chi connectivity index (χ1n) is 6.78. The molecular weight excluding hydrogens is 336 g/mol. The van der Waals surface area contributed by atoms with Crippen molar-refractivity contribution in [2.24, 2.45) is 0 Å². The average Bonchev–Trinajstić information content (AvgIpc) is 2.90. The number of hydrogen-bond acceptors (Lipinski definition) is 5. The predicted molar refractivity (Wildman–Crippen MR) is 81.9 cm³/mol. The Bertz CT molecular complexity index is 595. The zero-order chi connectivity index (χ0) is 15.2. The van der Waals surface area contributed by atoms with Crippen LogP contribution in [0.15, 0.2) is 27.3 Å².